The van der Waals surface area contributed by atoms with E-state index in [4.69, 9.17) is 5.73 Å². The molecule has 0 radical (unpaired) electrons. The predicted octanol–water partition coefficient (Wildman–Crippen LogP) is 1.45. The zero-order chi connectivity index (χ0) is 14.0. The van der Waals surface area contributed by atoms with Gasteiger partial charge in [-0.25, -0.2) is 4.68 Å². The van der Waals surface area contributed by atoms with Gasteiger partial charge < -0.3 is 10.6 Å². The van der Waals surface area contributed by atoms with Crippen molar-refractivity contribution in [2.75, 3.05) is 24.5 Å². The highest BCUT2D eigenvalue weighted by molar-refractivity contribution is 9.10. The number of nitrogens with two attached hydrogens (primary N) is 1. The van der Waals surface area contributed by atoms with Crippen LogP contribution in [0.4, 0.5) is 5.69 Å². The van der Waals surface area contributed by atoms with Gasteiger partial charge in [0.1, 0.15) is 4.47 Å². The molecule has 0 saturated carbocycles. The van der Waals surface area contributed by atoms with Crippen LogP contribution in [0.5, 0.6) is 0 Å². The number of hydrogen-bond acceptors (Lipinski definition) is 4. The fraction of sp³-hybridized carbons (Fsp3) is 0.692. The van der Waals surface area contributed by atoms with Gasteiger partial charge in [0, 0.05) is 19.6 Å². The molecule has 1 saturated heterocycles. The van der Waals surface area contributed by atoms with Crippen molar-refractivity contribution in [3.05, 3.63) is 21.0 Å². The van der Waals surface area contributed by atoms with Gasteiger partial charge in [-0.1, -0.05) is 6.92 Å². The quantitative estimate of drug-likeness (QED) is 0.912. The lowest BCUT2D eigenvalue weighted by atomic mass is 9.87. The van der Waals surface area contributed by atoms with E-state index in [-0.39, 0.29) is 5.56 Å². The SMILES string of the molecule is CCn1ncc(N2CCC(C)C(CN)C2)c(Br)c1=O. The maximum absolute atomic E-state index is 12.1. The average molecular weight is 329 g/mol. The predicted molar refractivity (Wildman–Crippen MR) is 80.4 cm³/mol. The lowest BCUT2D eigenvalue weighted by Crippen LogP contribution is -2.43. The van der Waals surface area contributed by atoms with Crippen molar-refractivity contribution in [2.45, 2.75) is 26.8 Å². The topological polar surface area (TPSA) is 64.2 Å². The van der Waals surface area contributed by atoms with E-state index in [0.717, 1.165) is 25.2 Å². The molecule has 19 heavy (non-hydrogen) atoms. The third-order valence-corrected chi connectivity index (χ3v) is 4.77. The van der Waals surface area contributed by atoms with Crippen molar-refractivity contribution in [2.24, 2.45) is 17.6 Å². The number of rotatable bonds is 3. The fourth-order valence-corrected chi connectivity index (χ4v) is 3.14. The number of anilines is 1. The molecule has 2 rings (SSSR count). The molecular weight excluding hydrogens is 308 g/mol. The van der Waals surface area contributed by atoms with Crippen LogP contribution in [-0.4, -0.2) is 29.4 Å². The van der Waals surface area contributed by atoms with E-state index in [1.807, 2.05) is 6.92 Å². The van der Waals surface area contributed by atoms with E-state index < -0.39 is 0 Å². The number of hydrogen-bond donors (Lipinski definition) is 1. The molecule has 0 aromatic carbocycles. The van der Waals surface area contributed by atoms with Crippen LogP contribution in [0.1, 0.15) is 20.3 Å². The maximum atomic E-state index is 12.1. The molecule has 1 aliphatic rings. The molecular formula is C13H21BrN4O. The van der Waals surface area contributed by atoms with E-state index >= 15 is 0 Å². The lowest BCUT2D eigenvalue weighted by molar-refractivity contribution is 0.307. The van der Waals surface area contributed by atoms with Crippen LogP contribution in [0.3, 0.4) is 0 Å². The van der Waals surface area contributed by atoms with Crippen molar-refractivity contribution < 1.29 is 0 Å². The van der Waals surface area contributed by atoms with Gasteiger partial charge in [0.25, 0.3) is 5.56 Å². The van der Waals surface area contributed by atoms with Crippen LogP contribution >= 0.6 is 15.9 Å². The largest absolute Gasteiger partial charge is 0.369 e. The molecule has 2 atom stereocenters. The van der Waals surface area contributed by atoms with Crippen LogP contribution in [-0.2, 0) is 6.54 Å². The molecule has 5 nitrogen and oxygen atoms in total. The summed E-state index contributed by atoms with van der Waals surface area (Å²) in [6.45, 7) is 7.28. The highest BCUT2D eigenvalue weighted by Crippen LogP contribution is 2.29. The monoisotopic (exact) mass is 328 g/mol. The fourth-order valence-electron chi connectivity index (χ4n) is 2.58. The summed E-state index contributed by atoms with van der Waals surface area (Å²) in [6.07, 6.45) is 2.88. The second-order valence-corrected chi connectivity index (χ2v) is 5.97. The lowest BCUT2D eigenvalue weighted by Gasteiger charge is -2.38. The first-order chi connectivity index (χ1) is 9.08. The molecule has 2 N–H and O–H groups in total. The third-order valence-electron chi connectivity index (χ3n) is 4.02. The van der Waals surface area contributed by atoms with Gasteiger partial charge in [-0.2, -0.15) is 5.10 Å². The Labute approximate surface area is 121 Å². The minimum Gasteiger partial charge on any atom is -0.369 e. The molecule has 1 aromatic heterocycles. The van der Waals surface area contributed by atoms with E-state index in [2.05, 4.69) is 32.9 Å². The minimum absolute atomic E-state index is 0.0667. The first-order valence-corrected chi connectivity index (χ1v) is 7.58. The Morgan fingerprint density at radius 1 is 1.58 bits per heavy atom. The number of piperidine rings is 1. The van der Waals surface area contributed by atoms with Crippen LogP contribution in [0.15, 0.2) is 15.5 Å². The van der Waals surface area contributed by atoms with Crippen molar-refractivity contribution in [1.82, 2.24) is 9.78 Å². The Hall–Kier alpha value is -0.880. The zero-order valence-electron chi connectivity index (χ0n) is 11.5. The standard InChI is InChI=1S/C13H21BrN4O/c1-3-18-13(19)12(14)11(7-16-18)17-5-4-9(2)10(6-15)8-17/h7,9-10H,3-6,8,15H2,1-2H3. The Kier molecular flexibility index (Phi) is 4.62. The third kappa shape index (κ3) is 2.84. The molecule has 1 fully saturated rings. The normalized spacial score (nSPS) is 23.7. The highest BCUT2D eigenvalue weighted by atomic mass is 79.9. The van der Waals surface area contributed by atoms with Crippen LogP contribution in [0.25, 0.3) is 0 Å². The van der Waals surface area contributed by atoms with E-state index in [1.54, 1.807) is 6.20 Å². The molecule has 1 aliphatic heterocycles. The molecule has 106 valence electrons. The minimum atomic E-state index is -0.0667. The summed E-state index contributed by atoms with van der Waals surface area (Å²) in [5, 5.41) is 4.20. The van der Waals surface area contributed by atoms with Gasteiger partial charge in [0.05, 0.1) is 11.9 Å². The van der Waals surface area contributed by atoms with Crippen molar-refractivity contribution >= 4 is 21.6 Å². The molecule has 0 aliphatic carbocycles. The van der Waals surface area contributed by atoms with Gasteiger partial charge in [-0.3, -0.25) is 4.79 Å². The van der Waals surface area contributed by atoms with Crippen molar-refractivity contribution in [1.29, 1.82) is 0 Å². The Balaban J connectivity index is 2.28. The van der Waals surface area contributed by atoms with Gasteiger partial charge in [-0.15, -0.1) is 0 Å². The van der Waals surface area contributed by atoms with E-state index in [9.17, 15) is 4.79 Å². The summed E-state index contributed by atoms with van der Waals surface area (Å²) in [7, 11) is 0. The smallest absolute Gasteiger partial charge is 0.283 e. The second kappa shape index (κ2) is 6.05. The van der Waals surface area contributed by atoms with Gasteiger partial charge in [-0.05, 0) is 47.7 Å². The molecule has 2 heterocycles. The first kappa shape index (κ1) is 14.5. The molecule has 0 amide bonds. The van der Waals surface area contributed by atoms with Crippen LogP contribution < -0.4 is 16.2 Å². The Bertz CT molecular complexity index is 502. The zero-order valence-corrected chi connectivity index (χ0v) is 13.1. The van der Waals surface area contributed by atoms with Gasteiger partial charge in [0.2, 0.25) is 0 Å². The number of aryl methyl sites for hydroxylation is 1. The summed E-state index contributed by atoms with van der Waals surface area (Å²) in [5.41, 5.74) is 6.65. The molecule has 0 bridgehead atoms. The maximum Gasteiger partial charge on any atom is 0.283 e. The summed E-state index contributed by atoms with van der Waals surface area (Å²) in [6, 6.07) is 0. The highest BCUT2D eigenvalue weighted by Gasteiger charge is 2.27. The van der Waals surface area contributed by atoms with Crippen molar-refractivity contribution in [3.63, 3.8) is 0 Å². The summed E-state index contributed by atoms with van der Waals surface area (Å²) in [4.78, 5) is 14.3. The first-order valence-electron chi connectivity index (χ1n) is 6.79. The number of aromatic nitrogens is 2. The summed E-state index contributed by atoms with van der Waals surface area (Å²) >= 11 is 3.42. The van der Waals surface area contributed by atoms with Crippen molar-refractivity contribution in [3.8, 4) is 0 Å². The number of halogens is 1. The van der Waals surface area contributed by atoms with Gasteiger partial charge >= 0.3 is 0 Å². The van der Waals surface area contributed by atoms with Crippen LogP contribution in [0, 0.1) is 11.8 Å². The Morgan fingerprint density at radius 3 is 2.95 bits per heavy atom. The Morgan fingerprint density at radius 2 is 2.32 bits per heavy atom. The average Bonchev–Trinajstić information content (AvgIpc) is 2.43. The molecule has 2 unspecified atom stereocenters. The van der Waals surface area contributed by atoms with E-state index in [0.29, 0.717) is 29.4 Å². The number of nitrogens with zero attached hydrogens (tertiary/aromatic N) is 3. The molecule has 1 aromatic rings. The second-order valence-electron chi connectivity index (χ2n) is 5.17. The summed E-state index contributed by atoms with van der Waals surface area (Å²) < 4.78 is 2.07. The van der Waals surface area contributed by atoms with Crippen LogP contribution in [0.2, 0.25) is 0 Å². The summed E-state index contributed by atoms with van der Waals surface area (Å²) in [5.74, 6) is 1.12. The van der Waals surface area contributed by atoms with Gasteiger partial charge in [0.15, 0.2) is 0 Å². The van der Waals surface area contributed by atoms with E-state index in [1.165, 1.54) is 4.68 Å². The molecule has 0 spiro atoms. The molecule has 6 heteroatoms.